The lowest BCUT2D eigenvalue weighted by Gasteiger charge is -2.32. The number of rotatable bonds is 6. The van der Waals surface area contributed by atoms with Crippen molar-refractivity contribution in [2.45, 2.75) is 13.0 Å². The molecular formula is C15H20BrNO4. The molecule has 116 valence electrons. The minimum absolute atomic E-state index is 0.0414. The molecule has 1 aliphatic heterocycles. The number of esters is 1. The van der Waals surface area contributed by atoms with Gasteiger partial charge in [0.05, 0.1) is 24.2 Å². The molecule has 1 fully saturated rings. The molecule has 0 unspecified atom stereocenters. The van der Waals surface area contributed by atoms with Crippen LogP contribution in [0.15, 0.2) is 28.7 Å². The predicted octanol–water partition coefficient (Wildman–Crippen LogP) is 2.09. The van der Waals surface area contributed by atoms with E-state index in [1.807, 2.05) is 36.1 Å². The number of nitrogens with zero attached hydrogens (tertiary/aromatic N) is 1. The summed E-state index contributed by atoms with van der Waals surface area (Å²) in [6.07, 6.45) is -0.0414. The van der Waals surface area contributed by atoms with Crippen molar-refractivity contribution in [1.82, 2.24) is 4.90 Å². The van der Waals surface area contributed by atoms with Crippen molar-refractivity contribution in [3.63, 3.8) is 0 Å². The number of carbonyl (C=O) groups is 1. The molecule has 1 heterocycles. The maximum atomic E-state index is 11.5. The van der Waals surface area contributed by atoms with Crippen LogP contribution in [0.1, 0.15) is 6.92 Å². The molecule has 1 aromatic rings. The van der Waals surface area contributed by atoms with Gasteiger partial charge in [-0.1, -0.05) is 12.1 Å². The summed E-state index contributed by atoms with van der Waals surface area (Å²) in [6.45, 7) is 5.00. The summed E-state index contributed by atoms with van der Waals surface area (Å²) in [6, 6.07) is 7.71. The molecule has 1 aromatic carbocycles. The van der Waals surface area contributed by atoms with Gasteiger partial charge in [0.15, 0.2) is 0 Å². The Balaban J connectivity index is 1.79. The Bertz CT molecular complexity index is 469. The quantitative estimate of drug-likeness (QED) is 0.729. The number of ether oxygens (including phenoxy) is 3. The number of benzene rings is 1. The van der Waals surface area contributed by atoms with Gasteiger partial charge in [0.25, 0.3) is 0 Å². The highest BCUT2D eigenvalue weighted by molar-refractivity contribution is 9.10. The Morgan fingerprint density at radius 1 is 1.48 bits per heavy atom. The SMILES string of the molecule is CCOC(=O)CN1CCO[C@@H](COc2ccccc2Br)C1. The van der Waals surface area contributed by atoms with E-state index < -0.39 is 0 Å². The third-order valence-electron chi connectivity index (χ3n) is 3.14. The topological polar surface area (TPSA) is 48.0 Å². The van der Waals surface area contributed by atoms with Crippen molar-refractivity contribution in [1.29, 1.82) is 0 Å². The van der Waals surface area contributed by atoms with Gasteiger partial charge < -0.3 is 14.2 Å². The first-order chi connectivity index (χ1) is 10.2. The van der Waals surface area contributed by atoms with Crippen molar-refractivity contribution in [3.8, 4) is 5.75 Å². The van der Waals surface area contributed by atoms with E-state index in [2.05, 4.69) is 15.9 Å². The maximum absolute atomic E-state index is 11.5. The molecule has 1 aliphatic rings. The molecule has 21 heavy (non-hydrogen) atoms. The highest BCUT2D eigenvalue weighted by Gasteiger charge is 2.23. The van der Waals surface area contributed by atoms with Crippen LogP contribution in [0, 0.1) is 0 Å². The fraction of sp³-hybridized carbons (Fsp3) is 0.533. The van der Waals surface area contributed by atoms with Crippen molar-refractivity contribution < 1.29 is 19.0 Å². The summed E-state index contributed by atoms with van der Waals surface area (Å²) in [5.41, 5.74) is 0. The van der Waals surface area contributed by atoms with Gasteiger partial charge in [-0.3, -0.25) is 9.69 Å². The molecule has 0 radical (unpaired) electrons. The molecule has 2 rings (SSSR count). The lowest BCUT2D eigenvalue weighted by atomic mass is 10.3. The lowest BCUT2D eigenvalue weighted by Crippen LogP contribution is -2.47. The first kappa shape index (κ1) is 16.3. The fourth-order valence-electron chi connectivity index (χ4n) is 2.16. The average molecular weight is 358 g/mol. The smallest absolute Gasteiger partial charge is 0.320 e. The predicted molar refractivity (Wildman–Crippen MR) is 82.5 cm³/mol. The van der Waals surface area contributed by atoms with Crippen molar-refractivity contribution in [2.24, 2.45) is 0 Å². The number of hydrogen-bond acceptors (Lipinski definition) is 5. The number of hydrogen-bond donors (Lipinski definition) is 0. The zero-order valence-corrected chi connectivity index (χ0v) is 13.7. The molecule has 5 nitrogen and oxygen atoms in total. The van der Waals surface area contributed by atoms with E-state index in [0.717, 1.165) is 16.8 Å². The Morgan fingerprint density at radius 2 is 2.29 bits per heavy atom. The second-order valence-electron chi connectivity index (χ2n) is 4.77. The van der Waals surface area contributed by atoms with E-state index in [4.69, 9.17) is 14.2 Å². The van der Waals surface area contributed by atoms with E-state index in [-0.39, 0.29) is 12.1 Å². The lowest BCUT2D eigenvalue weighted by molar-refractivity contribution is -0.146. The molecule has 6 heteroatoms. The number of carbonyl (C=O) groups excluding carboxylic acids is 1. The van der Waals surface area contributed by atoms with E-state index >= 15 is 0 Å². The number of halogens is 1. The standard InChI is InChI=1S/C15H20BrNO4/c1-2-19-15(18)10-17-7-8-20-12(9-17)11-21-14-6-4-3-5-13(14)16/h3-6,12H,2,7-11H2,1H3/t12-/m1/s1. The molecule has 1 atom stereocenters. The van der Waals surface area contributed by atoms with E-state index in [0.29, 0.717) is 32.9 Å². The third-order valence-corrected chi connectivity index (χ3v) is 3.80. The van der Waals surface area contributed by atoms with Crippen LogP contribution in [0.25, 0.3) is 0 Å². The summed E-state index contributed by atoms with van der Waals surface area (Å²) in [7, 11) is 0. The van der Waals surface area contributed by atoms with Gasteiger partial charge in [-0.25, -0.2) is 0 Å². The molecule has 0 spiro atoms. The minimum Gasteiger partial charge on any atom is -0.490 e. The highest BCUT2D eigenvalue weighted by atomic mass is 79.9. The molecule has 1 saturated heterocycles. The Morgan fingerprint density at radius 3 is 3.05 bits per heavy atom. The van der Waals surface area contributed by atoms with Gasteiger partial charge in [-0.05, 0) is 35.0 Å². The molecule has 0 saturated carbocycles. The zero-order chi connectivity index (χ0) is 15.1. The van der Waals surface area contributed by atoms with Crippen LogP contribution in [0.3, 0.4) is 0 Å². The second kappa shape index (κ2) is 8.36. The van der Waals surface area contributed by atoms with Crippen LogP contribution in [-0.2, 0) is 14.3 Å². The molecule has 0 bridgehead atoms. The van der Waals surface area contributed by atoms with Crippen LogP contribution >= 0.6 is 15.9 Å². The first-order valence-electron chi connectivity index (χ1n) is 7.06. The zero-order valence-electron chi connectivity index (χ0n) is 12.1. The van der Waals surface area contributed by atoms with E-state index in [9.17, 15) is 4.79 Å². The fourth-order valence-corrected chi connectivity index (χ4v) is 2.56. The largest absolute Gasteiger partial charge is 0.490 e. The second-order valence-corrected chi connectivity index (χ2v) is 5.63. The average Bonchev–Trinajstić information content (AvgIpc) is 2.47. The van der Waals surface area contributed by atoms with Crippen LogP contribution in [0.4, 0.5) is 0 Å². The molecule has 0 N–H and O–H groups in total. The van der Waals surface area contributed by atoms with Gasteiger partial charge in [0.1, 0.15) is 18.5 Å². The van der Waals surface area contributed by atoms with Gasteiger partial charge in [0.2, 0.25) is 0 Å². The van der Waals surface area contributed by atoms with Gasteiger partial charge in [-0.2, -0.15) is 0 Å². The minimum atomic E-state index is -0.190. The third kappa shape index (κ3) is 5.30. The maximum Gasteiger partial charge on any atom is 0.320 e. The Kier molecular flexibility index (Phi) is 6.48. The van der Waals surface area contributed by atoms with Crippen LogP contribution in [-0.4, -0.2) is 56.4 Å². The van der Waals surface area contributed by atoms with Gasteiger partial charge >= 0.3 is 5.97 Å². The summed E-state index contributed by atoms with van der Waals surface area (Å²) in [4.78, 5) is 13.5. The monoisotopic (exact) mass is 357 g/mol. The van der Waals surface area contributed by atoms with Crippen LogP contribution in [0.5, 0.6) is 5.75 Å². The van der Waals surface area contributed by atoms with Crippen LogP contribution < -0.4 is 4.74 Å². The molecular weight excluding hydrogens is 338 g/mol. The summed E-state index contributed by atoms with van der Waals surface area (Å²) in [5.74, 6) is 0.605. The number of morpholine rings is 1. The molecule has 0 aliphatic carbocycles. The van der Waals surface area contributed by atoms with Crippen molar-refractivity contribution >= 4 is 21.9 Å². The Labute approximate surface area is 133 Å². The Hall–Kier alpha value is -1.11. The van der Waals surface area contributed by atoms with E-state index in [1.165, 1.54) is 0 Å². The summed E-state index contributed by atoms with van der Waals surface area (Å²) < 4.78 is 17.3. The first-order valence-corrected chi connectivity index (χ1v) is 7.85. The summed E-state index contributed by atoms with van der Waals surface area (Å²) in [5, 5.41) is 0. The highest BCUT2D eigenvalue weighted by Crippen LogP contribution is 2.24. The molecule has 0 amide bonds. The number of para-hydroxylation sites is 1. The van der Waals surface area contributed by atoms with Crippen LogP contribution in [0.2, 0.25) is 0 Å². The van der Waals surface area contributed by atoms with E-state index in [1.54, 1.807) is 0 Å². The summed E-state index contributed by atoms with van der Waals surface area (Å²) >= 11 is 3.45. The normalized spacial score (nSPS) is 19.2. The molecule has 0 aromatic heterocycles. The van der Waals surface area contributed by atoms with Crippen molar-refractivity contribution in [3.05, 3.63) is 28.7 Å². The van der Waals surface area contributed by atoms with Gasteiger partial charge in [-0.15, -0.1) is 0 Å². The van der Waals surface area contributed by atoms with Crippen molar-refractivity contribution in [2.75, 3.05) is 39.5 Å². The van der Waals surface area contributed by atoms with Gasteiger partial charge in [0, 0.05) is 13.1 Å².